The van der Waals surface area contributed by atoms with Crippen molar-refractivity contribution in [3.05, 3.63) is 48.5 Å². The molecule has 0 saturated carbocycles. The minimum atomic E-state index is 0.897. The molecule has 19 heavy (non-hydrogen) atoms. The molecule has 0 aliphatic rings. The predicted octanol–water partition coefficient (Wildman–Crippen LogP) is 4.06. The fourth-order valence-corrected chi connectivity index (χ4v) is 2.01. The fourth-order valence-electron chi connectivity index (χ4n) is 2.01. The summed E-state index contributed by atoms with van der Waals surface area (Å²) >= 11 is 0. The lowest BCUT2D eigenvalue weighted by atomic mass is 10.3. The molecule has 1 aromatic heterocycles. The molecule has 0 atom stereocenters. The van der Waals surface area contributed by atoms with Crippen molar-refractivity contribution < 1.29 is 0 Å². The van der Waals surface area contributed by atoms with E-state index in [9.17, 15) is 0 Å². The summed E-state index contributed by atoms with van der Waals surface area (Å²) in [6, 6.07) is 16.5. The van der Waals surface area contributed by atoms with E-state index in [2.05, 4.69) is 53.3 Å². The zero-order chi connectivity index (χ0) is 13.5. The molecule has 0 radical (unpaired) electrons. The zero-order valence-electron chi connectivity index (χ0n) is 11.6. The van der Waals surface area contributed by atoms with Gasteiger partial charge in [-0.2, -0.15) is 0 Å². The van der Waals surface area contributed by atoms with Crippen molar-refractivity contribution in [2.45, 2.75) is 20.3 Å². The Kier molecular flexibility index (Phi) is 4.78. The molecule has 0 unspecified atom stereocenters. The van der Waals surface area contributed by atoms with E-state index in [-0.39, 0.29) is 0 Å². The number of anilines is 3. The molecule has 1 N–H and O–H groups in total. The van der Waals surface area contributed by atoms with Crippen LogP contribution in [-0.2, 0) is 0 Å². The largest absolute Gasteiger partial charge is 0.370 e. The van der Waals surface area contributed by atoms with Crippen molar-refractivity contribution >= 4 is 17.3 Å². The SMILES string of the molecule is CCCNc1cccc(N(CC)c2ccccc2)n1. The van der Waals surface area contributed by atoms with Crippen LogP contribution in [-0.4, -0.2) is 18.1 Å². The van der Waals surface area contributed by atoms with Crippen LogP contribution >= 0.6 is 0 Å². The molecular formula is C16H21N3. The number of nitrogens with one attached hydrogen (secondary N) is 1. The summed E-state index contributed by atoms with van der Waals surface area (Å²) < 4.78 is 0. The highest BCUT2D eigenvalue weighted by molar-refractivity contribution is 5.61. The van der Waals surface area contributed by atoms with Crippen LogP contribution in [0.4, 0.5) is 17.3 Å². The second-order valence-electron chi connectivity index (χ2n) is 4.39. The van der Waals surface area contributed by atoms with Crippen LogP contribution in [0.25, 0.3) is 0 Å². The van der Waals surface area contributed by atoms with Gasteiger partial charge in [0, 0.05) is 18.8 Å². The number of hydrogen-bond donors (Lipinski definition) is 1. The number of aromatic nitrogens is 1. The molecule has 2 aromatic rings. The Morgan fingerprint density at radius 3 is 2.47 bits per heavy atom. The van der Waals surface area contributed by atoms with Gasteiger partial charge in [0.2, 0.25) is 0 Å². The molecule has 1 aromatic carbocycles. The molecule has 100 valence electrons. The predicted molar refractivity (Wildman–Crippen MR) is 82.1 cm³/mol. The highest BCUT2D eigenvalue weighted by Gasteiger charge is 2.08. The molecule has 0 spiro atoms. The van der Waals surface area contributed by atoms with E-state index in [1.807, 2.05) is 24.3 Å². The van der Waals surface area contributed by atoms with E-state index < -0.39 is 0 Å². The van der Waals surface area contributed by atoms with Crippen molar-refractivity contribution in [3.8, 4) is 0 Å². The standard InChI is InChI=1S/C16H21N3/c1-3-13-17-15-11-8-12-16(18-15)19(4-2)14-9-6-5-7-10-14/h5-12H,3-4,13H2,1-2H3,(H,17,18). The minimum Gasteiger partial charge on any atom is -0.370 e. The summed E-state index contributed by atoms with van der Waals surface area (Å²) in [5.41, 5.74) is 1.17. The van der Waals surface area contributed by atoms with Gasteiger partial charge in [0.1, 0.15) is 11.6 Å². The normalized spacial score (nSPS) is 10.2. The number of benzene rings is 1. The van der Waals surface area contributed by atoms with Crippen molar-refractivity contribution in [1.82, 2.24) is 4.98 Å². The summed E-state index contributed by atoms with van der Waals surface area (Å²) in [7, 11) is 0. The third kappa shape index (κ3) is 3.47. The van der Waals surface area contributed by atoms with E-state index in [1.165, 1.54) is 5.69 Å². The van der Waals surface area contributed by atoms with Crippen LogP contribution in [0.5, 0.6) is 0 Å². The summed E-state index contributed by atoms with van der Waals surface area (Å²) in [5.74, 6) is 1.92. The maximum atomic E-state index is 4.67. The van der Waals surface area contributed by atoms with Crippen LogP contribution in [0.3, 0.4) is 0 Å². The van der Waals surface area contributed by atoms with Gasteiger partial charge in [-0.05, 0) is 37.6 Å². The smallest absolute Gasteiger partial charge is 0.135 e. The zero-order valence-corrected chi connectivity index (χ0v) is 11.6. The van der Waals surface area contributed by atoms with E-state index in [0.717, 1.165) is 31.1 Å². The fraction of sp³-hybridized carbons (Fsp3) is 0.312. The summed E-state index contributed by atoms with van der Waals surface area (Å²) in [6.07, 6.45) is 1.10. The number of rotatable bonds is 6. The first-order chi connectivity index (χ1) is 9.35. The molecule has 3 nitrogen and oxygen atoms in total. The Balaban J connectivity index is 2.23. The third-order valence-electron chi connectivity index (χ3n) is 2.95. The Labute approximate surface area is 115 Å². The second kappa shape index (κ2) is 6.78. The quantitative estimate of drug-likeness (QED) is 0.843. The lowest BCUT2D eigenvalue weighted by Crippen LogP contribution is -2.17. The first kappa shape index (κ1) is 13.4. The van der Waals surface area contributed by atoms with Gasteiger partial charge in [-0.3, -0.25) is 0 Å². The Hall–Kier alpha value is -2.03. The van der Waals surface area contributed by atoms with Gasteiger partial charge in [-0.15, -0.1) is 0 Å². The van der Waals surface area contributed by atoms with Gasteiger partial charge in [0.15, 0.2) is 0 Å². The number of para-hydroxylation sites is 1. The molecular weight excluding hydrogens is 234 g/mol. The molecule has 0 fully saturated rings. The van der Waals surface area contributed by atoms with Crippen LogP contribution in [0, 0.1) is 0 Å². The van der Waals surface area contributed by atoms with Crippen LogP contribution in [0.1, 0.15) is 20.3 Å². The van der Waals surface area contributed by atoms with Crippen LogP contribution < -0.4 is 10.2 Å². The van der Waals surface area contributed by atoms with Gasteiger partial charge in [0.05, 0.1) is 0 Å². The van der Waals surface area contributed by atoms with E-state index in [1.54, 1.807) is 0 Å². The second-order valence-corrected chi connectivity index (χ2v) is 4.39. The van der Waals surface area contributed by atoms with Gasteiger partial charge < -0.3 is 10.2 Å². The molecule has 0 amide bonds. The molecule has 0 saturated heterocycles. The van der Waals surface area contributed by atoms with Gasteiger partial charge in [-0.25, -0.2) is 4.98 Å². The van der Waals surface area contributed by atoms with Crippen LogP contribution in [0.2, 0.25) is 0 Å². The highest BCUT2D eigenvalue weighted by atomic mass is 15.2. The van der Waals surface area contributed by atoms with Crippen molar-refractivity contribution in [1.29, 1.82) is 0 Å². The van der Waals surface area contributed by atoms with Crippen molar-refractivity contribution in [3.63, 3.8) is 0 Å². The maximum Gasteiger partial charge on any atom is 0.135 e. The monoisotopic (exact) mass is 255 g/mol. The van der Waals surface area contributed by atoms with E-state index in [4.69, 9.17) is 0 Å². The van der Waals surface area contributed by atoms with Gasteiger partial charge in [-0.1, -0.05) is 31.2 Å². The number of hydrogen-bond acceptors (Lipinski definition) is 3. The molecule has 1 heterocycles. The number of nitrogens with zero attached hydrogens (tertiary/aromatic N) is 2. The number of pyridine rings is 1. The lowest BCUT2D eigenvalue weighted by Gasteiger charge is -2.22. The topological polar surface area (TPSA) is 28.2 Å². The lowest BCUT2D eigenvalue weighted by molar-refractivity contribution is 0.955. The molecule has 0 aliphatic heterocycles. The van der Waals surface area contributed by atoms with Crippen molar-refractivity contribution in [2.24, 2.45) is 0 Å². The molecule has 0 aliphatic carbocycles. The minimum absolute atomic E-state index is 0.897. The molecule has 0 bridgehead atoms. The van der Waals surface area contributed by atoms with Crippen LogP contribution in [0.15, 0.2) is 48.5 Å². The maximum absolute atomic E-state index is 4.67. The average Bonchev–Trinajstić information content (AvgIpc) is 2.47. The van der Waals surface area contributed by atoms with E-state index in [0.29, 0.717) is 0 Å². The molecule has 2 rings (SSSR count). The highest BCUT2D eigenvalue weighted by Crippen LogP contribution is 2.23. The summed E-state index contributed by atoms with van der Waals surface area (Å²) in [4.78, 5) is 6.88. The van der Waals surface area contributed by atoms with E-state index >= 15 is 0 Å². The van der Waals surface area contributed by atoms with Gasteiger partial charge >= 0.3 is 0 Å². The first-order valence-corrected chi connectivity index (χ1v) is 6.88. The third-order valence-corrected chi connectivity index (χ3v) is 2.95. The summed E-state index contributed by atoms with van der Waals surface area (Å²) in [6.45, 7) is 6.14. The Morgan fingerprint density at radius 2 is 1.79 bits per heavy atom. The summed E-state index contributed by atoms with van der Waals surface area (Å²) in [5, 5.41) is 3.33. The van der Waals surface area contributed by atoms with Crippen molar-refractivity contribution in [2.75, 3.05) is 23.3 Å². The first-order valence-electron chi connectivity index (χ1n) is 6.88. The van der Waals surface area contributed by atoms with Gasteiger partial charge in [0.25, 0.3) is 0 Å². The average molecular weight is 255 g/mol. The molecule has 3 heteroatoms. The Bertz CT molecular complexity index is 496. The Morgan fingerprint density at radius 1 is 1.00 bits per heavy atom.